The molecule has 1 heterocycles. The van der Waals surface area contributed by atoms with E-state index in [4.69, 9.17) is 0 Å². The number of halogens is 1. The van der Waals surface area contributed by atoms with Gasteiger partial charge in [-0.3, -0.25) is 0 Å². The van der Waals surface area contributed by atoms with E-state index in [1.165, 1.54) is 0 Å². The van der Waals surface area contributed by atoms with Crippen LogP contribution >= 0.6 is 15.9 Å². The van der Waals surface area contributed by atoms with Gasteiger partial charge in [0, 0.05) is 9.86 Å². The fourth-order valence-electron chi connectivity index (χ4n) is 0.954. The number of hydrogen-bond donors (Lipinski definition) is 0. The van der Waals surface area contributed by atoms with E-state index in [1.807, 2.05) is 24.3 Å². The van der Waals surface area contributed by atoms with Crippen molar-refractivity contribution in [1.82, 2.24) is 10.2 Å². The summed E-state index contributed by atoms with van der Waals surface area (Å²) in [5.74, 6) is 0. The van der Waals surface area contributed by atoms with Gasteiger partial charge in [-0.25, -0.2) is 0 Å². The molecule has 11 heavy (non-hydrogen) atoms. The summed E-state index contributed by atoms with van der Waals surface area (Å²) >= 11 is 3.36. The zero-order chi connectivity index (χ0) is 7.68. The highest BCUT2D eigenvalue weighted by Crippen LogP contribution is 2.16. The van der Waals surface area contributed by atoms with Crippen LogP contribution in [0.1, 0.15) is 0 Å². The fourth-order valence-corrected chi connectivity index (χ4v) is 1.30. The van der Waals surface area contributed by atoms with Crippen LogP contribution in [0.15, 0.2) is 34.9 Å². The number of fused-ring (bicyclic) bond motifs is 1. The highest BCUT2D eigenvalue weighted by molar-refractivity contribution is 9.10. The molecule has 1 aromatic carbocycles. The summed E-state index contributed by atoms with van der Waals surface area (Å²) in [6, 6.07) is 7.88. The second kappa shape index (κ2) is 2.58. The Morgan fingerprint density at radius 2 is 2.09 bits per heavy atom. The third-order valence-electron chi connectivity index (χ3n) is 1.48. The standard InChI is InChI=1S/C8H5BrN2/c9-7-2-1-6-3-4-10-11-8(6)5-7/h1-5H. The maximum Gasteiger partial charge on any atom is 0.0940 e. The van der Waals surface area contributed by atoms with Crippen LogP contribution in [0.5, 0.6) is 0 Å². The molecule has 0 aliphatic carbocycles. The monoisotopic (exact) mass is 208 g/mol. The molecule has 2 rings (SSSR count). The van der Waals surface area contributed by atoms with E-state index >= 15 is 0 Å². The molecule has 0 saturated heterocycles. The Balaban J connectivity index is 2.83. The van der Waals surface area contributed by atoms with Gasteiger partial charge in [-0.05, 0) is 18.2 Å². The average Bonchev–Trinajstić information content (AvgIpc) is 2.04. The van der Waals surface area contributed by atoms with Crippen LogP contribution in [0, 0.1) is 0 Å². The van der Waals surface area contributed by atoms with Gasteiger partial charge in [0.2, 0.25) is 0 Å². The van der Waals surface area contributed by atoms with Crippen molar-refractivity contribution in [3.05, 3.63) is 34.9 Å². The number of aromatic nitrogens is 2. The second-order valence-electron chi connectivity index (χ2n) is 2.23. The first-order valence-corrected chi connectivity index (χ1v) is 4.02. The first-order valence-electron chi connectivity index (χ1n) is 3.23. The molecule has 0 bridgehead atoms. The molecule has 0 amide bonds. The number of rotatable bonds is 0. The quantitative estimate of drug-likeness (QED) is 0.665. The summed E-state index contributed by atoms with van der Waals surface area (Å²) in [4.78, 5) is 0. The zero-order valence-electron chi connectivity index (χ0n) is 5.66. The fraction of sp³-hybridized carbons (Fsp3) is 0. The Labute approximate surface area is 72.4 Å². The predicted molar refractivity (Wildman–Crippen MR) is 47.2 cm³/mol. The molecule has 0 radical (unpaired) electrons. The van der Waals surface area contributed by atoms with Crippen LogP contribution in [-0.2, 0) is 0 Å². The van der Waals surface area contributed by atoms with Gasteiger partial charge < -0.3 is 0 Å². The molecular weight excluding hydrogens is 204 g/mol. The molecule has 0 aliphatic heterocycles. The summed E-state index contributed by atoms with van der Waals surface area (Å²) in [7, 11) is 0. The summed E-state index contributed by atoms with van der Waals surface area (Å²) < 4.78 is 1.03. The Morgan fingerprint density at radius 3 is 3.00 bits per heavy atom. The Morgan fingerprint density at radius 1 is 1.18 bits per heavy atom. The third-order valence-corrected chi connectivity index (χ3v) is 1.97. The van der Waals surface area contributed by atoms with Crippen LogP contribution < -0.4 is 0 Å². The molecule has 54 valence electrons. The van der Waals surface area contributed by atoms with Crippen molar-refractivity contribution in [1.29, 1.82) is 0 Å². The Bertz CT molecular complexity index is 387. The minimum atomic E-state index is 0.918. The van der Waals surface area contributed by atoms with E-state index in [-0.39, 0.29) is 0 Å². The van der Waals surface area contributed by atoms with E-state index in [9.17, 15) is 0 Å². The van der Waals surface area contributed by atoms with Gasteiger partial charge in [0.05, 0.1) is 11.7 Å². The molecule has 0 atom stereocenters. The molecule has 2 nitrogen and oxygen atoms in total. The number of nitrogens with zero attached hydrogens (tertiary/aromatic N) is 2. The highest BCUT2D eigenvalue weighted by atomic mass is 79.9. The molecule has 0 aliphatic rings. The molecule has 2 aromatic rings. The molecule has 1 aromatic heterocycles. The summed E-state index contributed by atoms with van der Waals surface area (Å²) in [6.07, 6.45) is 1.69. The van der Waals surface area contributed by atoms with E-state index in [2.05, 4.69) is 26.1 Å². The van der Waals surface area contributed by atoms with Gasteiger partial charge in [-0.2, -0.15) is 10.2 Å². The van der Waals surface area contributed by atoms with Gasteiger partial charge in [0.1, 0.15) is 0 Å². The van der Waals surface area contributed by atoms with Crippen molar-refractivity contribution in [2.75, 3.05) is 0 Å². The van der Waals surface area contributed by atoms with Gasteiger partial charge in [-0.1, -0.05) is 22.0 Å². The Kier molecular flexibility index (Phi) is 1.58. The minimum Gasteiger partial charge on any atom is -0.159 e. The van der Waals surface area contributed by atoms with Crippen LogP contribution in [0.25, 0.3) is 10.9 Å². The van der Waals surface area contributed by atoms with Crippen molar-refractivity contribution < 1.29 is 0 Å². The van der Waals surface area contributed by atoms with Gasteiger partial charge in [-0.15, -0.1) is 0 Å². The van der Waals surface area contributed by atoms with Gasteiger partial charge >= 0.3 is 0 Å². The van der Waals surface area contributed by atoms with Crippen LogP contribution in [0.2, 0.25) is 0 Å². The number of benzene rings is 1. The predicted octanol–water partition coefficient (Wildman–Crippen LogP) is 2.39. The minimum absolute atomic E-state index is 0.918. The molecular formula is C8H5BrN2. The molecule has 0 saturated carbocycles. The summed E-state index contributed by atoms with van der Waals surface area (Å²) in [5, 5.41) is 8.86. The van der Waals surface area contributed by atoms with E-state index in [0.717, 1.165) is 15.4 Å². The van der Waals surface area contributed by atoms with Crippen LogP contribution in [0.4, 0.5) is 0 Å². The van der Waals surface area contributed by atoms with Crippen molar-refractivity contribution >= 4 is 26.8 Å². The second-order valence-corrected chi connectivity index (χ2v) is 3.15. The molecule has 3 heteroatoms. The van der Waals surface area contributed by atoms with Crippen molar-refractivity contribution in [2.45, 2.75) is 0 Å². The molecule has 0 N–H and O–H groups in total. The molecule has 0 fully saturated rings. The summed E-state index contributed by atoms with van der Waals surface area (Å²) in [5.41, 5.74) is 0.918. The first-order chi connectivity index (χ1) is 5.36. The largest absolute Gasteiger partial charge is 0.159 e. The summed E-state index contributed by atoms with van der Waals surface area (Å²) in [6.45, 7) is 0. The lowest BCUT2D eigenvalue weighted by atomic mass is 10.2. The maximum atomic E-state index is 3.96. The lowest BCUT2D eigenvalue weighted by Crippen LogP contribution is -1.80. The van der Waals surface area contributed by atoms with E-state index in [1.54, 1.807) is 6.20 Å². The topological polar surface area (TPSA) is 25.8 Å². The van der Waals surface area contributed by atoms with E-state index < -0.39 is 0 Å². The average molecular weight is 209 g/mol. The van der Waals surface area contributed by atoms with Crippen LogP contribution in [0.3, 0.4) is 0 Å². The lowest BCUT2D eigenvalue weighted by molar-refractivity contribution is 1.08. The highest BCUT2D eigenvalue weighted by Gasteiger charge is 1.92. The van der Waals surface area contributed by atoms with Crippen molar-refractivity contribution in [2.24, 2.45) is 0 Å². The maximum absolute atomic E-state index is 3.96. The SMILES string of the molecule is Brc1ccc2ccnnc2c1. The zero-order valence-corrected chi connectivity index (χ0v) is 7.25. The van der Waals surface area contributed by atoms with Crippen molar-refractivity contribution in [3.63, 3.8) is 0 Å². The molecule has 0 unspecified atom stereocenters. The number of hydrogen-bond acceptors (Lipinski definition) is 2. The normalized spacial score (nSPS) is 10.3. The third kappa shape index (κ3) is 1.24. The van der Waals surface area contributed by atoms with E-state index in [0.29, 0.717) is 0 Å². The Hall–Kier alpha value is -0.960. The van der Waals surface area contributed by atoms with Crippen LogP contribution in [-0.4, -0.2) is 10.2 Å². The van der Waals surface area contributed by atoms with Gasteiger partial charge in [0.25, 0.3) is 0 Å². The van der Waals surface area contributed by atoms with Gasteiger partial charge in [0.15, 0.2) is 0 Å². The van der Waals surface area contributed by atoms with Crippen molar-refractivity contribution in [3.8, 4) is 0 Å². The molecule has 0 spiro atoms. The smallest absolute Gasteiger partial charge is 0.0940 e. The first kappa shape index (κ1) is 6.73. The lowest BCUT2D eigenvalue weighted by Gasteiger charge is -1.93.